The summed E-state index contributed by atoms with van der Waals surface area (Å²) in [5.74, 6) is 0.653. The van der Waals surface area contributed by atoms with Crippen LogP contribution in [0.3, 0.4) is 0 Å². The number of rotatable bonds is 8. The lowest BCUT2D eigenvalue weighted by Gasteiger charge is -2.22. The van der Waals surface area contributed by atoms with Crippen molar-refractivity contribution in [3.05, 3.63) is 30.3 Å². The second kappa shape index (κ2) is 7.79. The second-order valence-corrected chi connectivity index (χ2v) is 4.94. The third kappa shape index (κ3) is 6.82. The highest BCUT2D eigenvalue weighted by atomic mass is 16.5. The molecule has 0 saturated heterocycles. The molecule has 0 radical (unpaired) electrons. The van der Waals surface area contributed by atoms with Gasteiger partial charge in [-0.3, -0.25) is 4.79 Å². The van der Waals surface area contributed by atoms with Gasteiger partial charge in [0.05, 0.1) is 18.6 Å². The van der Waals surface area contributed by atoms with Crippen LogP contribution >= 0.6 is 0 Å². The summed E-state index contributed by atoms with van der Waals surface area (Å²) < 4.78 is 5.43. The Hall–Kier alpha value is -1.55. The van der Waals surface area contributed by atoms with Crippen LogP contribution in [0, 0.1) is 0 Å². The van der Waals surface area contributed by atoms with Gasteiger partial charge < -0.3 is 15.2 Å². The van der Waals surface area contributed by atoms with E-state index in [0.717, 1.165) is 12.2 Å². The van der Waals surface area contributed by atoms with Crippen LogP contribution in [0.2, 0.25) is 0 Å². The monoisotopic (exact) mass is 265 g/mol. The summed E-state index contributed by atoms with van der Waals surface area (Å²) in [4.78, 5) is 11.6. The molecule has 0 aliphatic carbocycles. The smallest absolute Gasteiger partial charge is 0.223 e. The summed E-state index contributed by atoms with van der Waals surface area (Å²) in [6.07, 6.45) is 1.85. The molecule has 0 aromatic heterocycles. The van der Waals surface area contributed by atoms with Gasteiger partial charge in [0.15, 0.2) is 0 Å². The van der Waals surface area contributed by atoms with Crippen LogP contribution in [0.25, 0.3) is 0 Å². The quantitative estimate of drug-likeness (QED) is 0.757. The first kappa shape index (κ1) is 15.5. The number of para-hydroxylation sites is 1. The number of aliphatic hydroxyl groups is 1. The van der Waals surface area contributed by atoms with Crippen molar-refractivity contribution in [2.24, 2.45) is 0 Å². The van der Waals surface area contributed by atoms with Crippen molar-refractivity contribution in [2.45, 2.75) is 38.7 Å². The van der Waals surface area contributed by atoms with E-state index >= 15 is 0 Å². The van der Waals surface area contributed by atoms with Gasteiger partial charge in [-0.2, -0.15) is 0 Å². The third-order valence-electron chi connectivity index (χ3n) is 2.80. The van der Waals surface area contributed by atoms with Gasteiger partial charge in [-0.15, -0.1) is 0 Å². The number of carbonyl (C=O) groups excluding carboxylic acids is 1. The van der Waals surface area contributed by atoms with Crippen molar-refractivity contribution >= 4 is 5.91 Å². The summed E-state index contributed by atoms with van der Waals surface area (Å²) in [7, 11) is 0. The van der Waals surface area contributed by atoms with Gasteiger partial charge in [-0.25, -0.2) is 0 Å². The summed E-state index contributed by atoms with van der Waals surface area (Å²) >= 11 is 0. The molecule has 4 heteroatoms. The molecule has 1 rings (SSSR count). The molecule has 1 unspecified atom stereocenters. The molecular formula is C15H23NO3. The Morgan fingerprint density at radius 2 is 2.05 bits per heavy atom. The minimum absolute atomic E-state index is 0.104. The van der Waals surface area contributed by atoms with Gasteiger partial charge in [0.25, 0.3) is 0 Å². The van der Waals surface area contributed by atoms with Crippen LogP contribution in [-0.4, -0.2) is 29.8 Å². The molecule has 4 nitrogen and oxygen atoms in total. The molecule has 2 N–H and O–H groups in total. The number of hydrogen-bond acceptors (Lipinski definition) is 3. The summed E-state index contributed by atoms with van der Waals surface area (Å²) in [5, 5.41) is 12.6. The number of nitrogens with one attached hydrogen (secondary N) is 1. The number of amides is 1. The maximum absolute atomic E-state index is 11.6. The van der Waals surface area contributed by atoms with E-state index in [1.165, 1.54) is 0 Å². The predicted octanol–water partition coefficient (Wildman–Crippen LogP) is 2.12. The van der Waals surface area contributed by atoms with E-state index in [2.05, 4.69) is 5.32 Å². The maximum Gasteiger partial charge on any atom is 0.223 e. The fourth-order valence-electron chi connectivity index (χ4n) is 1.78. The van der Waals surface area contributed by atoms with Crippen molar-refractivity contribution in [1.82, 2.24) is 5.32 Å². The zero-order valence-electron chi connectivity index (χ0n) is 11.7. The van der Waals surface area contributed by atoms with Gasteiger partial charge >= 0.3 is 0 Å². The number of hydrogen-bond donors (Lipinski definition) is 2. The van der Waals surface area contributed by atoms with Gasteiger partial charge in [-0.1, -0.05) is 31.5 Å². The average molecular weight is 265 g/mol. The minimum Gasteiger partial charge on any atom is -0.493 e. The van der Waals surface area contributed by atoms with Crippen molar-refractivity contribution in [3.63, 3.8) is 0 Å². The van der Waals surface area contributed by atoms with E-state index in [9.17, 15) is 9.90 Å². The van der Waals surface area contributed by atoms with Crippen molar-refractivity contribution < 1.29 is 14.6 Å². The van der Waals surface area contributed by atoms with Gasteiger partial charge in [0, 0.05) is 6.54 Å². The molecule has 0 fully saturated rings. The van der Waals surface area contributed by atoms with Crippen molar-refractivity contribution in [1.29, 1.82) is 0 Å². The first-order chi connectivity index (χ1) is 9.03. The van der Waals surface area contributed by atoms with E-state index in [1.807, 2.05) is 37.3 Å². The molecule has 1 amide bonds. The molecule has 19 heavy (non-hydrogen) atoms. The lowest BCUT2D eigenvalue weighted by Crippen LogP contribution is -2.40. The van der Waals surface area contributed by atoms with Gasteiger partial charge in [0.1, 0.15) is 5.75 Å². The first-order valence-electron chi connectivity index (χ1n) is 6.70. The van der Waals surface area contributed by atoms with Crippen LogP contribution < -0.4 is 10.1 Å². The Labute approximate surface area is 114 Å². The van der Waals surface area contributed by atoms with Crippen LogP contribution in [-0.2, 0) is 4.79 Å². The molecule has 1 atom stereocenters. The molecule has 106 valence electrons. The topological polar surface area (TPSA) is 58.6 Å². The zero-order chi connectivity index (χ0) is 14.1. The Balaban J connectivity index is 2.18. The molecule has 0 bridgehead atoms. The molecule has 0 aliphatic rings. The Morgan fingerprint density at radius 1 is 1.37 bits per heavy atom. The largest absolute Gasteiger partial charge is 0.493 e. The lowest BCUT2D eigenvalue weighted by molar-refractivity contribution is -0.122. The fraction of sp³-hybridized carbons (Fsp3) is 0.533. The van der Waals surface area contributed by atoms with Crippen LogP contribution in [0.4, 0.5) is 0 Å². The van der Waals surface area contributed by atoms with Gasteiger partial charge in [0.2, 0.25) is 5.91 Å². The normalized spacial score (nSPS) is 13.6. The predicted molar refractivity (Wildman–Crippen MR) is 75.1 cm³/mol. The van der Waals surface area contributed by atoms with E-state index in [0.29, 0.717) is 13.0 Å². The first-order valence-corrected chi connectivity index (χ1v) is 6.70. The number of benzene rings is 1. The summed E-state index contributed by atoms with van der Waals surface area (Å²) in [6.45, 7) is 4.36. The molecule has 0 saturated carbocycles. The van der Waals surface area contributed by atoms with Crippen LogP contribution in [0.5, 0.6) is 5.75 Å². The number of ether oxygens (including phenoxy) is 1. The van der Waals surface area contributed by atoms with Crippen molar-refractivity contribution in [2.75, 3.05) is 13.2 Å². The second-order valence-electron chi connectivity index (χ2n) is 4.94. The van der Waals surface area contributed by atoms with E-state index in [1.54, 1.807) is 6.92 Å². The average Bonchev–Trinajstić information content (AvgIpc) is 2.38. The highest BCUT2D eigenvalue weighted by molar-refractivity contribution is 5.76. The molecule has 1 aromatic carbocycles. The highest BCUT2D eigenvalue weighted by Crippen LogP contribution is 2.10. The van der Waals surface area contributed by atoms with E-state index in [4.69, 9.17) is 4.74 Å². The Bertz CT molecular complexity index is 376. The molecular weight excluding hydrogens is 242 g/mol. The summed E-state index contributed by atoms with van der Waals surface area (Å²) in [5.41, 5.74) is -0.829. The third-order valence-corrected chi connectivity index (χ3v) is 2.80. The molecule has 1 aromatic rings. The molecule has 0 aliphatic heterocycles. The van der Waals surface area contributed by atoms with Gasteiger partial charge in [-0.05, 0) is 25.5 Å². The zero-order valence-corrected chi connectivity index (χ0v) is 11.7. The van der Waals surface area contributed by atoms with E-state index < -0.39 is 5.60 Å². The SMILES string of the molecule is CCCC(C)(O)CNC(=O)CCOc1ccccc1. The molecule has 0 heterocycles. The van der Waals surface area contributed by atoms with Crippen LogP contribution in [0.15, 0.2) is 30.3 Å². The van der Waals surface area contributed by atoms with Crippen LogP contribution in [0.1, 0.15) is 33.1 Å². The maximum atomic E-state index is 11.6. The van der Waals surface area contributed by atoms with Crippen molar-refractivity contribution in [3.8, 4) is 5.75 Å². The molecule has 0 spiro atoms. The fourth-order valence-corrected chi connectivity index (χ4v) is 1.78. The standard InChI is InChI=1S/C15H23NO3/c1-3-10-15(2,18)12-16-14(17)9-11-19-13-7-5-4-6-8-13/h4-8,18H,3,9-12H2,1-2H3,(H,16,17). The van der Waals surface area contributed by atoms with E-state index in [-0.39, 0.29) is 18.9 Å². The Morgan fingerprint density at radius 3 is 2.68 bits per heavy atom. The summed E-state index contributed by atoms with van der Waals surface area (Å²) in [6, 6.07) is 9.39. The minimum atomic E-state index is -0.829. The number of carbonyl (C=O) groups is 1. The Kier molecular flexibility index (Phi) is 6.36. The highest BCUT2D eigenvalue weighted by Gasteiger charge is 2.19. The lowest BCUT2D eigenvalue weighted by atomic mass is 10.0.